The maximum absolute atomic E-state index is 12.7. The van der Waals surface area contributed by atoms with Crippen molar-refractivity contribution in [1.82, 2.24) is 14.5 Å². The van der Waals surface area contributed by atoms with Crippen molar-refractivity contribution in [3.63, 3.8) is 0 Å². The Kier molecular flexibility index (Phi) is 7.35. The van der Waals surface area contributed by atoms with Crippen LogP contribution in [-0.2, 0) is 17.1 Å². The highest BCUT2D eigenvalue weighted by atomic mass is 35.5. The van der Waals surface area contributed by atoms with Gasteiger partial charge in [-0.05, 0) is 44.5 Å². The second kappa shape index (κ2) is 9.98. The molecule has 0 atom stereocenters. The third-order valence-electron chi connectivity index (χ3n) is 4.48. The molecule has 0 saturated carbocycles. The lowest BCUT2D eigenvalue weighted by atomic mass is 10.2. The van der Waals surface area contributed by atoms with Crippen molar-refractivity contribution in [2.45, 2.75) is 38.2 Å². The van der Waals surface area contributed by atoms with E-state index >= 15 is 0 Å². The lowest BCUT2D eigenvalue weighted by Gasteiger charge is -2.15. The van der Waals surface area contributed by atoms with E-state index < -0.39 is 0 Å². The number of anilines is 1. The third kappa shape index (κ3) is 6.08. The van der Waals surface area contributed by atoms with E-state index in [0.29, 0.717) is 27.3 Å². The molecule has 0 aliphatic carbocycles. The molecule has 162 valence electrons. The van der Waals surface area contributed by atoms with Crippen LogP contribution < -0.4 is 15.5 Å². The smallest absolute Gasteiger partial charge is 0.244 e. The molecule has 0 radical (unpaired) electrons. The lowest BCUT2D eigenvalue weighted by molar-refractivity contribution is -0.116. The number of aromatic nitrogens is 3. The number of halogens is 1. The van der Waals surface area contributed by atoms with Crippen molar-refractivity contribution in [3.8, 4) is 5.75 Å². The minimum Gasteiger partial charge on any atom is -0.491 e. The summed E-state index contributed by atoms with van der Waals surface area (Å²) >= 11 is 7.54. The minimum atomic E-state index is -0.250. The first kappa shape index (κ1) is 22.8. The summed E-state index contributed by atoms with van der Waals surface area (Å²) in [6.07, 6.45) is 1.54. The predicted octanol–water partition coefficient (Wildman–Crippen LogP) is 4.16. The van der Waals surface area contributed by atoms with Gasteiger partial charge in [0, 0.05) is 39.6 Å². The number of amides is 1. The first-order chi connectivity index (χ1) is 14.7. The first-order valence-corrected chi connectivity index (χ1v) is 10.9. The molecule has 9 heteroatoms. The summed E-state index contributed by atoms with van der Waals surface area (Å²) in [4.78, 5) is 33.8. The highest BCUT2D eigenvalue weighted by Crippen LogP contribution is 2.22. The van der Waals surface area contributed by atoms with Crippen LogP contribution in [0.25, 0.3) is 0 Å². The van der Waals surface area contributed by atoms with Gasteiger partial charge in [0.25, 0.3) is 0 Å². The summed E-state index contributed by atoms with van der Waals surface area (Å²) in [5, 5.41) is 4.03. The number of carbonyl (C=O) groups is 1. The van der Waals surface area contributed by atoms with E-state index in [1.165, 1.54) is 24.9 Å². The zero-order valence-corrected chi connectivity index (χ0v) is 19.3. The molecule has 31 heavy (non-hydrogen) atoms. The number of hydrogen-bond donors (Lipinski definition) is 1. The van der Waals surface area contributed by atoms with Gasteiger partial charge in [0.15, 0.2) is 10.9 Å². The molecule has 1 amide bonds. The van der Waals surface area contributed by atoms with E-state index in [0.717, 1.165) is 17.0 Å². The molecule has 0 unspecified atom stereocenters. The van der Waals surface area contributed by atoms with Gasteiger partial charge in [0.05, 0.1) is 13.3 Å². The number of benzene rings is 1. The number of ether oxygens (including phenoxy) is 1. The molecule has 3 aromatic rings. The standard InChI is InChI=1S/C22H23ClN4O3S/c1-13-5-6-16(8-18(13)23)26-21(29)11-27-10-20(30-4)19(28)9-17(27)12-31-22-24-14(2)7-15(3)25-22/h5-10H,11-12H2,1-4H3,(H,26,29). The van der Waals surface area contributed by atoms with Crippen molar-refractivity contribution in [2.75, 3.05) is 12.4 Å². The van der Waals surface area contributed by atoms with Gasteiger partial charge in [-0.3, -0.25) is 9.59 Å². The number of rotatable bonds is 7. The van der Waals surface area contributed by atoms with E-state index in [1.54, 1.807) is 22.9 Å². The van der Waals surface area contributed by atoms with Crippen LogP contribution in [-0.4, -0.2) is 27.6 Å². The second-order valence-electron chi connectivity index (χ2n) is 7.06. The predicted molar refractivity (Wildman–Crippen MR) is 123 cm³/mol. The maximum Gasteiger partial charge on any atom is 0.244 e. The fourth-order valence-corrected chi connectivity index (χ4v) is 4.06. The molecule has 3 rings (SSSR count). The largest absolute Gasteiger partial charge is 0.491 e. The van der Waals surface area contributed by atoms with Gasteiger partial charge in [-0.1, -0.05) is 29.4 Å². The molecule has 7 nitrogen and oxygen atoms in total. The monoisotopic (exact) mass is 458 g/mol. The van der Waals surface area contributed by atoms with Crippen molar-refractivity contribution < 1.29 is 9.53 Å². The average molecular weight is 459 g/mol. The minimum absolute atomic E-state index is 0.00569. The molecule has 1 aromatic carbocycles. The summed E-state index contributed by atoms with van der Waals surface area (Å²) in [5.41, 5.74) is 3.69. The Morgan fingerprint density at radius 2 is 1.87 bits per heavy atom. The van der Waals surface area contributed by atoms with Crippen LogP contribution >= 0.6 is 23.4 Å². The number of aryl methyl sites for hydroxylation is 3. The van der Waals surface area contributed by atoms with Crippen LogP contribution in [0.2, 0.25) is 5.02 Å². The molecule has 2 aromatic heterocycles. The summed E-state index contributed by atoms with van der Waals surface area (Å²) in [7, 11) is 1.42. The number of nitrogens with zero attached hydrogens (tertiary/aromatic N) is 3. The van der Waals surface area contributed by atoms with Crippen LogP contribution in [0.5, 0.6) is 5.75 Å². The van der Waals surface area contributed by atoms with E-state index in [4.69, 9.17) is 16.3 Å². The van der Waals surface area contributed by atoms with Crippen molar-refractivity contribution in [2.24, 2.45) is 0 Å². The summed E-state index contributed by atoms with van der Waals surface area (Å²) in [5.74, 6) is 0.341. The van der Waals surface area contributed by atoms with E-state index in [-0.39, 0.29) is 23.6 Å². The zero-order valence-electron chi connectivity index (χ0n) is 17.7. The number of hydrogen-bond acceptors (Lipinski definition) is 6. The van der Waals surface area contributed by atoms with E-state index in [1.807, 2.05) is 32.9 Å². The fraction of sp³-hybridized carbons (Fsp3) is 0.273. The molecule has 0 aliphatic rings. The van der Waals surface area contributed by atoms with E-state index in [9.17, 15) is 9.59 Å². The average Bonchev–Trinajstić information content (AvgIpc) is 2.70. The topological polar surface area (TPSA) is 86.1 Å². The number of nitrogens with one attached hydrogen (secondary N) is 1. The first-order valence-electron chi connectivity index (χ1n) is 9.53. The van der Waals surface area contributed by atoms with Gasteiger partial charge in [-0.25, -0.2) is 9.97 Å². The normalized spacial score (nSPS) is 10.7. The van der Waals surface area contributed by atoms with Crippen LogP contribution in [0.4, 0.5) is 5.69 Å². The zero-order chi connectivity index (χ0) is 22.5. The van der Waals surface area contributed by atoms with Gasteiger partial charge in [-0.2, -0.15) is 0 Å². The molecule has 0 aliphatic heterocycles. The highest BCUT2D eigenvalue weighted by Gasteiger charge is 2.13. The molecule has 0 spiro atoms. The molecule has 1 N–H and O–H groups in total. The Bertz CT molecular complexity index is 1160. The lowest BCUT2D eigenvalue weighted by Crippen LogP contribution is -2.22. The quantitative estimate of drug-likeness (QED) is 0.422. The molecule has 0 fully saturated rings. The van der Waals surface area contributed by atoms with Crippen LogP contribution in [0.3, 0.4) is 0 Å². The Hall–Kier alpha value is -2.84. The molecular weight excluding hydrogens is 436 g/mol. The Morgan fingerprint density at radius 3 is 2.52 bits per heavy atom. The van der Waals surface area contributed by atoms with Crippen molar-refractivity contribution in [3.05, 3.63) is 74.4 Å². The summed E-state index contributed by atoms with van der Waals surface area (Å²) in [6, 6.07) is 8.71. The van der Waals surface area contributed by atoms with Crippen LogP contribution in [0.1, 0.15) is 22.6 Å². The molecule has 0 bridgehead atoms. The van der Waals surface area contributed by atoms with Gasteiger partial charge < -0.3 is 14.6 Å². The van der Waals surface area contributed by atoms with Gasteiger partial charge >= 0.3 is 0 Å². The third-order valence-corrected chi connectivity index (χ3v) is 5.77. The number of pyridine rings is 1. The Balaban J connectivity index is 1.81. The number of thioether (sulfide) groups is 1. The SMILES string of the molecule is COc1cn(CC(=O)Nc2ccc(C)c(Cl)c2)c(CSc2nc(C)cc(C)n2)cc1=O. The number of carbonyl (C=O) groups excluding carboxylic acids is 1. The summed E-state index contributed by atoms with van der Waals surface area (Å²) in [6.45, 7) is 5.71. The number of methoxy groups -OCH3 is 1. The molecule has 0 saturated heterocycles. The van der Waals surface area contributed by atoms with Crippen LogP contribution in [0, 0.1) is 20.8 Å². The van der Waals surface area contributed by atoms with Gasteiger partial charge in [-0.15, -0.1) is 0 Å². The molecule has 2 heterocycles. The fourth-order valence-electron chi connectivity index (χ4n) is 2.94. The maximum atomic E-state index is 12.7. The Labute approximate surface area is 189 Å². The van der Waals surface area contributed by atoms with Gasteiger partial charge in [0.2, 0.25) is 11.3 Å². The van der Waals surface area contributed by atoms with Crippen LogP contribution in [0.15, 0.2) is 46.5 Å². The second-order valence-corrected chi connectivity index (χ2v) is 8.41. The van der Waals surface area contributed by atoms with E-state index in [2.05, 4.69) is 15.3 Å². The molecular formula is C22H23ClN4O3S. The summed E-state index contributed by atoms with van der Waals surface area (Å²) < 4.78 is 6.85. The van der Waals surface area contributed by atoms with Crippen molar-refractivity contribution in [1.29, 1.82) is 0 Å². The van der Waals surface area contributed by atoms with Crippen molar-refractivity contribution >= 4 is 35.0 Å². The Morgan fingerprint density at radius 1 is 1.16 bits per heavy atom. The van der Waals surface area contributed by atoms with Gasteiger partial charge in [0.1, 0.15) is 6.54 Å². The highest BCUT2D eigenvalue weighted by molar-refractivity contribution is 7.98.